The minimum atomic E-state index is -0.686. The van der Waals surface area contributed by atoms with Crippen molar-refractivity contribution < 1.29 is 23.8 Å². The minimum Gasteiger partial charge on any atom is -0.488 e. The number of rotatable bonds is 3. The lowest BCUT2D eigenvalue weighted by molar-refractivity contribution is -0.131. The molecule has 1 aliphatic rings. The van der Waals surface area contributed by atoms with Crippen LogP contribution in [-0.4, -0.2) is 24.5 Å². The normalized spacial score (nSPS) is 16.4. The Morgan fingerprint density at radius 3 is 2.64 bits per heavy atom. The van der Waals surface area contributed by atoms with Gasteiger partial charge in [-0.3, -0.25) is 9.59 Å². The molecular formula is C17H14O5. The molecule has 2 aromatic carbocycles. The molecule has 1 atom stereocenters. The van der Waals surface area contributed by atoms with Crippen molar-refractivity contribution in [1.82, 2.24) is 0 Å². The molecule has 22 heavy (non-hydrogen) atoms. The number of carbonyl (C=O) groups is 2. The zero-order valence-electron chi connectivity index (χ0n) is 11.9. The molecular weight excluding hydrogens is 284 g/mol. The molecule has 1 heterocycles. The molecule has 0 bridgehead atoms. The summed E-state index contributed by atoms with van der Waals surface area (Å²) in [6.07, 6.45) is -0.686. The van der Waals surface area contributed by atoms with Crippen molar-refractivity contribution in [3.63, 3.8) is 0 Å². The third kappa shape index (κ3) is 2.93. The lowest BCUT2D eigenvalue weighted by Gasteiger charge is -2.25. The van der Waals surface area contributed by atoms with E-state index in [1.807, 2.05) is 18.2 Å². The van der Waals surface area contributed by atoms with Crippen LogP contribution in [0.2, 0.25) is 0 Å². The summed E-state index contributed by atoms with van der Waals surface area (Å²) in [6, 6.07) is 13.8. The first kappa shape index (κ1) is 14.1. The van der Waals surface area contributed by atoms with Crippen LogP contribution < -0.4 is 14.2 Å². The van der Waals surface area contributed by atoms with E-state index in [1.54, 1.807) is 24.3 Å². The topological polar surface area (TPSA) is 61.8 Å². The number of Topliss-reactive ketones (excluding diaryl/α,β-unsaturated/α-hetero) is 1. The van der Waals surface area contributed by atoms with Gasteiger partial charge in [0.2, 0.25) is 5.78 Å². The molecule has 0 radical (unpaired) electrons. The molecule has 1 unspecified atom stereocenters. The number of esters is 1. The number of ketones is 1. The lowest BCUT2D eigenvalue weighted by Crippen LogP contribution is -2.37. The molecule has 2 aromatic rings. The summed E-state index contributed by atoms with van der Waals surface area (Å²) in [5.41, 5.74) is 0.420. The molecule has 112 valence electrons. The summed E-state index contributed by atoms with van der Waals surface area (Å²) in [5.74, 6) is 0.787. The molecule has 0 amide bonds. The molecule has 0 saturated carbocycles. The van der Waals surface area contributed by atoms with Crippen molar-refractivity contribution >= 4 is 11.8 Å². The first-order valence-corrected chi connectivity index (χ1v) is 6.84. The minimum absolute atomic E-state index is 0.115. The number of para-hydroxylation sites is 1. The largest absolute Gasteiger partial charge is 0.488 e. The van der Waals surface area contributed by atoms with Crippen LogP contribution in [0.3, 0.4) is 0 Å². The van der Waals surface area contributed by atoms with Gasteiger partial charge in [0.15, 0.2) is 6.10 Å². The molecule has 5 nitrogen and oxygen atoms in total. The zero-order chi connectivity index (χ0) is 15.5. The molecule has 0 fully saturated rings. The second-order valence-corrected chi connectivity index (χ2v) is 4.85. The number of ether oxygens (including phenoxy) is 3. The van der Waals surface area contributed by atoms with Gasteiger partial charge in [-0.15, -0.1) is 0 Å². The second-order valence-electron chi connectivity index (χ2n) is 4.85. The van der Waals surface area contributed by atoms with Crippen molar-refractivity contribution in [3.05, 3.63) is 54.1 Å². The van der Waals surface area contributed by atoms with E-state index < -0.39 is 12.1 Å². The van der Waals surface area contributed by atoms with Crippen molar-refractivity contribution in [2.45, 2.75) is 13.0 Å². The summed E-state index contributed by atoms with van der Waals surface area (Å²) in [5, 5.41) is 0. The molecule has 0 aromatic heterocycles. The highest BCUT2D eigenvalue weighted by Crippen LogP contribution is 2.30. The summed E-state index contributed by atoms with van der Waals surface area (Å²) < 4.78 is 16.2. The maximum atomic E-state index is 12.4. The van der Waals surface area contributed by atoms with Crippen LogP contribution in [0.4, 0.5) is 0 Å². The van der Waals surface area contributed by atoms with Crippen LogP contribution >= 0.6 is 0 Å². The SMILES string of the molecule is CC(=O)Oc1ccc2c(c1)OCC(Oc1ccccc1)C2=O. The summed E-state index contributed by atoms with van der Waals surface area (Å²) in [7, 11) is 0. The fourth-order valence-corrected chi connectivity index (χ4v) is 2.22. The van der Waals surface area contributed by atoms with Gasteiger partial charge in [-0.05, 0) is 24.3 Å². The first-order chi connectivity index (χ1) is 10.6. The number of fused-ring (bicyclic) bond motifs is 1. The molecule has 0 aliphatic carbocycles. The van der Waals surface area contributed by atoms with E-state index in [2.05, 4.69) is 0 Å². The third-order valence-corrected chi connectivity index (χ3v) is 3.18. The van der Waals surface area contributed by atoms with Crippen LogP contribution in [0.25, 0.3) is 0 Å². The number of carbonyl (C=O) groups excluding carboxylic acids is 2. The predicted octanol–water partition coefficient (Wildman–Crippen LogP) is 2.63. The maximum absolute atomic E-state index is 12.4. The van der Waals surface area contributed by atoms with Gasteiger partial charge in [0.1, 0.15) is 23.9 Å². The van der Waals surface area contributed by atoms with Gasteiger partial charge >= 0.3 is 5.97 Å². The fourth-order valence-electron chi connectivity index (χ4n) is 2.22. The van der Waals surface area contributed by atoms with Gasteiger partial charge < -0.3 is 14.2 Å². The average molecular weight is 298 g/mol. The van der Waals surface area contributed by atoms with Crippen LogP contribution in [-0.2, 0) is 4.79 Å². The molecule has 0 spiro atoms. The van der Waals surface area contributed by atoms with Crippen molar-refractivity contribution in [3.8, 4) is 17.2 Å². The maximum Gasteiger partial charge on any atom is 0.308 e. The van der Waals surface area contributed by atoms with E-state index in [1.165, 1.54) is 13.0 Å². The standard InChI is InChI=1S/C17H14O5/c1-11(18)21-13-7-8-14-15(9-13)20-10-16(17(14)19)22-12-5-3-2-4-6-12/h2-9,16H,10H2,1H3. The predicted molar refractivity (Wildman–Crippen MR) is 78.4 cm³/mol. The molecule has 0 N–H and O–H groups in total. The Hall–Kier alpha value is -2.82. The summed E-state index contributed by atoms with van der Waals surface area (Å²) in [6.45, 7) is 1.43. The van der Waals surface area contributed by atoms with E-state index in [0.29, 0.717) is 22.8 Å². The van der Waals surface area contributed by atoms with Gasteiger partial charge in [-0.25, -0.2) is 0 Å². The fraction of sp³-hybridized carbons (Fsp3) is 0.176. The highest BCUT2D eigenvalue weighted by Gasteiger charge is 2.30. The van der Waals surface area contributed by atoms with Gasteiger partial charge in [0.05, 0.1) is 5.56 Å². The Bertz CT molecular complexity index is 708. The van der Waals surface area contributed by atoms with Crippen molar-refractivity contribution in [1.29, 1.82) is 0 Å². The molecule has 3 rings (SSSR count). The van der Waals surface area contributed by atoms with E-state index in [0.717, 1.165) is 0 Å². The lowest BCUT2D eigenvalue weighted by atomic mass is 10.0. The van der Waals surface area contributed by atoms with Gasteiger partial charge in [0, 0.05) is 13.0 Å². The van der Waals surface area contributed by atoms with Crippen LogP contribution in [0.15, 0.2) is 48.5 Å². The smallest absolute Gasteiger partial charge is 0.308 e. The third-order valence-electron chi connectivity index (χ3n) is 3.18. The summed E-state index contributed by atoms with van der Waals surface area (Å²) in [4.78, 5) is 23.4. The first-order valence-electron chi connectivity index (χ1n) is 6.84. The highest BCUT2D eigenvalue weighted by atomic mass is 16.5. The van der Waals surface area contributed by atoms with Gasteiger partial charge in [-0.2, -0.15) is 0 Å². The highest BCUT2D eigenvalue weighted by molar-refractivity contribution is 6.03. The monoisotopic (exact) mass is 298 g/mol. The Balaban J connectivity index is 1.79. The van der Waals surface area contributed by atoms with E-state index in [-0.39, 0.29) is 12.4 Å². The van der Waals surface area contributed by atoms with E-state index in [9.17, 15) is 9.59 Å². The van der Waals surface area contributed by atoms with Crippen molar-refractivity contribution in [2.75, 3.05) is 6.61 Å². The Morgan fingerprint density at radius 2 is 1.91 bits per heavy atom. The molecule has 0 saturated heterocycles. The zero-order valence-corrected chi connectivity index (χ0v) is 11.9. The van der Waals surface area contributed by atoms with Crippen LogP contribution in [0.5, 0.6) is 17.2 Å². The number of hydrogen-bond acceptors (Lipinski definition) is 5. The van der Waals surface area contributed by atoms with E-state index >= 15 is 0 Å². The second kappa shape index (κ2) is 5.89. The number of benzene rings is 2. The Labute approximate surface area is 127 Å². The van der Waals surface area contributed by atoms with Crippen molar-refractivity contribution in [2.24, 2.45) is 0 Å². The van der Waals surface area contributed by atoms with Crippen LogP contribution in [0, 0.1) is 0 Å². The van der Waals surface area contributed by atoms with Crippen LogP contribution in [0.1, 0.15) is 17.3 Å². The van der Waals surface area contributed by atoms with Gasteiger partial charge in [0.25, 0.3) is 0 Å². The van der Waals surface area contributed by atoms with E-state index in [4.69, 9.17) is 14.2 Å². The van der Waals surface area contributed by atoms with Gasteiger partial charge in [-0.1, -0.05) is 18.2 Å². The molecule has 1 aliphatic heterocycles. The Kier molecular flexibility index (Phi) is 3.78. The summed E-state index contributed by atoms with van der Waals surface area (Å²) >= 11 is 0. The number of hydrogen-bond donors (Lipinski definition) is 0. The molecule has 5 heteroatoms. The quantitative estimate of drug-likeness (QED) is 0.644. The average Bonchev–Trinajstić information content (AvgIpc) is 2.50. The Morgan fingerprint density at radius 1 is 1.14 bits per heavy atom.